The molecule has 0 saturated carbocycles. The normalized spacial score (nSPS) is 14.8. The van der Waals surface area contributed by atoms with Crippen molar-refractivity contribution in [3.05, 3.63) is 64.8 Å². The molecular weight excluding hydrogens is 509 g/mol. The predicted octanol–water partition coefficient (Wildman–Crippen LogP) is 5.43. The van der Waals surface area contributed by atoms with Gasteiger partial charge in [-0.1, -0.05) is 23.7 Å². The summed E-state index contributed by atoms with van der Waals surface area (Å²) in [6, 6.07) is 14.1. The Labute approximate surface area is 221 Å². The number of halogens is 3. The number of fused-ring (bicyclic) bond motifs is 6. The van der Waals surface area contributed by atoms with Crippen molar-refractivity contribution in [2.24, 2.45) is 0 Å². The third kappa shape index (κ3) is 6.89. The van der Waals surface area contributed by atoms with E-state index in [1.165, 1.54) is 5.56 Å². The molecule has 2 aliphatic heterocycles. The van der Waals surface area contributed by atoms with Crippen molar-refractivity contribution in [3.8, 4) is 0 Å². The van der Waals surface area contributed by atoms with E-state index >= 15 is 0 Å². The van der Waals surface area contributed by atoms with Gasteiger partial charge in [-0.3, -0.25) is 0 Å². The molecule has 186 valence electrons. The first-order valence-electron chi connectivity index (χ1n) is 11.2. The third-order valence-corrected chi connectivity index (χ3v) is 6.18. The van der Waals surface area contributed by atoms with Crippen LogP contribution in [-0.2, 0) is 12.8 Å². The molecule has 11 heteroatoms. The fourth-order valence-corrected chi connectivity index (χ4v) is 4.31. The molecule has 0 radical (unpaired) electrons. The van der Waals surface area contributed by atoms with Crippen molar-refractivity contribution in [2.45, 2.75) is 31.7 Å². The molecule has 2 aromatic carbocycles. The van der Waals surface area contributed by atoms with Gasteiger partial charge >= 0.3 is 6.03 Å². The molecule has 0 aliphatic carbocycles. The molecule has 3 heterocycles. The summed E-state index contributed by atoms with van der Waals surface area (Å²) in [5.74, 6) is 0.978. The number of carbonyl (C=O) groups is 1. The molecule has 1 saturated heterocycles. The van der Waals surface area contributed by atoms with E-state index < -0.39 is 0 Å². The van der Waals surface area contributed by atoms with E-state index in [-0.39, 0.29) is 36.9 Å². The second-order valence-corrected chi connectivity index (χ2v) is 8.74. The predicted molar refractivity (Wildman–Crippen MR) is 146 cm³/mol. The van der Waals surface area contributed by atoms with Crippen molar-refractivity contribution >= 4 is 71.3 Å². The summed E-state index contributed by atoms with van der Waals surface area (Å²) in [6.07, 6.45) is 5.04. The number of rotatable bonds is 2. The number of urea groups is 1. The number of aromatic nitrogens is 2. The molecule has 0 atom stereocenters. The van der Waals surface area contributed by atoms with Gasteiger partial charge in [0.15, 0.2) is 5.82 Å². The van der Waals surface area contributed by atoms with Gasteiger partial charge in [0.2, 0.25) is 5.95 Å². The number of anilines is 5. The van der Waals surface area contributed by atoms with E-state index in [0.717, 1.165) is 61.4 Å². The van der Waals surface area contributed by atoms with E-state index in [1.807, 2.05) is 30.3 Å². The highest BCUT2D eigenvalue weighted by Gasteiger charge is 2.17. The van der Waals surface area contributed by atoms with E-state index in [2.05, 4.69) is 48.7 Å². The number of nitrogens with zero attached hydrogens (tertiary/aromatic N) is 2. The van der Waals surface area contributed by atoms with Crippen LogP contribution in [0.1, 0.15) is 24.0 Å². The molecule has 5 rings (SSSR count). The molecule has 8 nitrogen and oxygen atoms in total. The van der Waals surface area contributed by atoms with Gasteiger partial charge in [-0.2, -0.15) is 4.98 Å². The molecule has 1 fully saturated rings. The molecule has 3 aromatic rings. The summed E-state index contributed by atoms with van der Waals surface area (Å²) < 4.78 is 0. The Morgan fingerprint density at radius 2 is 1.80 bits per heavy atom. The number of hydrogen-bond acceptors (Lipinski definition) is 6. The highest BCUT2D eigenvalue weighted by Crippen LogP contribution is 2.29. The zero-order valence-corrected chi connectivity index (χ0v) is 21.3. The van der Waals surface area contributed by atoms with Crippen molar-refractivity contribution in [2.75, 3.05) is 29.0 Å². The molecule has 35 heavy (non-hydrogen) atoms. The van der Waals surface area contributed by atoms with Crippen LogP contribution in [0.15, 0.2) is 48.7 Å². The van der Waals surface area contributed by atoms with E-state index in [1.54, 1.807) is 6.20 Å². The monoisotopic (exact) mass is 535 g/mol. The SMILES string of the molecule is Cl.Cl.O=C(Nc1ccc2cc1CCc1cccc(c1)Nc1ncc(Cl)c(n1)N2)NC1CCNCC1. The minimum Gasteiger partial charge on any atom is -0.339 e. The fourth-order valence-electron chi connectivity index (χ4n) is 4.17. The van der Waals surface area contributed by atoms with Gasteiger partial charge in [0, 0.05) is 23.1 Å². The standard InChI is InChI=1S/C24H26ClN7O.2ClH/c25-20-14-27-23-29-18-3-1-2-15(12-18)4-5-16-13-19(28-22(20)32-23)6-7-21(16)31-24(33)30-17-8-10-26-11-9-17;;/h1-3,6-7,12-14,17,26H,4-5,8-11H2,(H2,30,31,33)(H2,27,28,29,32);2*1H. The lowest BCUT2D eigenvalue weighted by Crippen LogP contribution is -2.44. The van der Waals surface area contributed by atoms with Gasteiger partial charge in [0.1, 0.15) is 5.02 Å². The van der Waals surface area contributed by atoms with Crippen LogP contribution in [-0.4, -0.2) is 35.1 Å². The Bertz CT molecular complexity index is 1170. The minimum atomic E-state index is -0.170. The van der Waals surface area contributed by atoms with Gasteiger partial charge in [0.05, 0.1) is 6.20 Å². The number of piperidine rings is 1. The van der Waals surface area contributed by atoms with Crippen molar-refractivity contribution in [1.29, 1.82) is 0 Å². The second kappa shape index (κ2) is 12.3. The molecule has 0 spiro atoms. The Kier molecular flexibility index (Phi) is 9.40. The van der Waals surface area contributed by atoms with E-state index in [9.17, 15) is 4.79 Å². The molecule has 2 amide bonds. The zero-order chi connectivity index (χ0) is 22.6. The highest BCUT2D eigenvalue weighted by molar-refractivity contribution is 6.32. The smallest absolute Gasteiger partial charge is 0.319 e. The van der Waals surface area contributed by atoms with Crippen molar-refractivity contribution in [1.82, 2.24) is 20.6 Å². The average Bonchev–Trinajstić information content (AvgIpc) is 2.82. The highest BCUT2D eigenvalue weighted by atomic mass is 35.5. The third-order valence-electron chi connectivity index (χ3n) is 5.90. The summed E-state index contributed by atoms with van der Waals surface area (Å²) in [7, 11) is 0. The van der Waals surface area contributed by atoms with Crippen LogP contribution in [0.25, 0.3) is 0 Å². The van der Waals surface area contributed by atoms with Gasteiger partial charge in [-0.05, 0) is 80.2 Å². The molecule has 0 unspecified atom stereocenters. The van der Waals surface area contributed by atoms with E-state index in [0.29, 0.717) is 16.8 Å². The number of hydrogen-bond donors (Lipinski definition) is 5. The summed E-state index contributed by atoms with van der Waals surface area (Å²) >= 11 is 6.34. The summed E-state index contributed by atoms with van der Waals surface area (Å²) in [5.41, 5.74) is 4.75. The topological polar surface area (TPSA) is 103 Å². The van der Waals surface area contributed by atoms with Crippen LogP contribution < -0.4 is 26.6 Å². The molecule has 1 aromatic heterocycles. The lowest BCUT2D eigenvalue weighted by molar-refractivity contribution is 0.245. The maximum absolute atomic E-state index is 12.7. The fraction of sp³-hybridized carbons (Fsp3) is 0.292. The first-order valence-corrected chi connectivity index (χ1v) is 11.6. The second-order valence-electron chi connectivity index (χ2n) is 8.34. The van der Waals surface area contributed by atoms with Crippen LogP contribution in [0.2, 0.25) is 5.02 Å². The Morgan fingerprint density at radius 3 is 2.63 bits per heavy atom. The van der Waals surface area contributed by atoms with Gasteiger partial charge < -0.3 is 26.6 Å². The van der Waals surface area contributed by atoms with Crippen molar-refractivity contribution in [3.63, 3.8) is 0 Å². The van der Waals surface area contributed by atoms with Crippen molar-refractivity contribution < 1.29 is 4.79 Å². The summed E-state index contributed by atoms with van der Waals surface area (Å²) in [4.78, 5) is 21.5. The lowest BCUT2D eigenvalue weighted by atomic mass is 10.0. The number of carbonyl (C=O) groups excluding carboxylic acids is 1. The Morgan fingerprint density at radius 1 is 1.00 bits per heavy atom. The summed E-state index contributed by atoms with van der Waals surface area (Å²) in [5, 5.41) is 16.4. The maximum atomic E-state index is 12.7. The van der Waals surface area contributed by atoms with Crippen LogP contribution in [0.5, 0.6) is 0 Å². The first kappa shape index (κ1) is 26.8. The minimum absolute atomic E-state index is 0. The number of amides is 2. The van der Waals surface area contributed by atoms with Crippen LogP contribution >= 0.6 is 36.4 Å². The van der Waals surface area contributed by atoms with Gasteiger partial charge in [-0.25, -0.2) is 9.78 Å². The Balaban J connectivity index is 0.00000171. The average molecular weight is 537 g/mol. The molecule has 2 aliphatic rings. The number of nitrogens with one attached hydrogen (secondary N) is 5. The van der Waals surface area contributed by atoms with E-state index in [4.69, 9.17) is 11.6 Å². The molecular formula is C24H28Cl3N7O. The largest absolute Gasteiger partial charge is 0.339 e. The first-order chi connectivity index (χ1) is 16.1. The molecule has 6 bridgehead atoms. The van der Waals surface area contributed by atoms with Crippen LogP contribution in [0.4, 0.5) is 33.6 Å². The number of aryl methyl sites for hydroxylation is 2. The maximum Gasteiger partial charge on any atom is 0.319 e. The van der Waals surface area contributed by atoms with Gasteiger partial charge in [0.25, 0.3) is 0 Å². The Hall–Kier alpha value is -2.78. The summed E-state index contributed by atoms with van der Waals surface area (Å²) in [6.45, 7) is 1.86. The quantitative estimate of drug-likeness (QED) is 0.299. The zero-order valence-electron chi connectivity index (χ0n) is 18.9. The lowest BCUT2D eigenvalue weighted by Gasteiger charge is -2.24. The van der Waals surface area contributed by atoms with Gasteiger partial charge in [-0.15, -0.1) is 24.8 Å². The number of benzene rings is 2. The molecule has 5 N–H and O–H groups in total. The van der Waals surface area contributed by atoms with Crippen LogP contribution in [0, 0.1) is 0 Å². The van der Waals surface area contributed by atoms with Crippen LogP contribution in [0.3, 0.4) is 0 Å².